The summed E-state index contributed by atoms with van der Waals surface area (Å²) in [4.78, 5) is 20.9. The number of nitrogens with two attached hydrogens (primary N) is 1. The van der Waals surface area contributed by atoms with Gasteiger partial charge in [0.15, 0.2) is 0 Å². The van der Waals surface area contributed by atoms with Crippen molar-refractivity contribution in [1.82, 2.24) is 5.43 Å². The van der Waals surface area contributed by atoms with Crippen molar-refractivity contribution in [2.75, 3.05) is 0 Å². The number of hydrogen-bond acceptors (Lipinski definition) is 4. The minimum Gasteiger partial charge on any atom is -0.276 e. The molecular weight excluding hydrogens is 418 g/mol. The van der Waals surface area contributed by atoms with Crippen molar-refractivity contribution in [3.05, 3.63) is 70.7 Å². The molecule has 0 radical (unpaired) electrons. The van der Waals surface area contributed by atoms with E-state index in [1.165, 1.54) is 0 Å². The van der Waals surface area contributed by atoms with E-state index in [1.54, 1.807) is 48.5 Å². The lowest BCUT2D eigenvalue weighted by molar-refractivity contribution is 0.107. The summed E-state index contributed by atoms with van der Waals surface area (Å²) in [5, 5.41) is -0.270. The van der Waals surface area contributed by atoms with E-state index < -0.39 is 10.5 Å². The van der Waals surface area contributed by atoms with Gasteiger partial charge >= 0.3 is 0 Å². The maximum Gasteiger partial charge on any atom is 0.252 e. The largest absolute Gasteiger partial charge is 0.276 e. The second kappa shape index (κ2) is 14.0. The first kappa shape index (κ1) is 27.1. The first-order valence-electron chi connectivity index (χ1n) is 7.25. The summed E-state index contributed by atoms with van der Waals surface area (Å²) in [6.45, 7) is 6.02. The Hall–Kier alpha value is -1.14. The molecule has 8 heteroatoms. The third kappa shape index (κ3) is 14.1. The van der Waals surface area contributed by atoms with Crippen molar-refractivity contribution in [3.63, 3.8) is 0 Å². The molecule has 0 atom stereocenters. The van der Waals surface area contributed by atoms with Gasteiger partial charge in [-0.25, -0.2) is 0 Å². The van der Waals surface area contributed by atoms with E-state index in [-0.39, 0.29) is 17.9 Å². The Morgan fingerprint density at radius 3 is 1.46 bits per heavy atom. The Balaban J connectivity index is 0. The molecule has 0 aliphatic rings. The second-order valence-electron chi connectivity index (χ2n) is 5.81. The zero-order valence-corrected chi connectivity index (χ0v) is 17.7. The van der Waals surface area contributed by atoms with E-state index in [1.807, 2.05) is 26.8 Å². The number of halogens is 4. The van der Waals surface area contributed by atoms with E-state index in [9.17, 15) is 9.59 Å². The molecule has 0 saturated heterocycles. The summed E-state index contributed by atoms with van der Waals surface area (Å²) in [7, 11) is 0. The Labute approximate surface area is 175 Å². The molecule has 0 bridgehead atoms. The first-order valence-corrected chi connectivity index (χ1v) is 8.38. The van der Waals surface area contributed by atoms with Gasteiger partial charge in [-0.15, -0.1) is 12.4 Å². The smallest absolute Gasteiger partial charge is 0.252 e. The number of carbonyl (C=O) groups is 2. The standard InChI is InChI=1S/C7H4Cl2O.C7H5ClO.C4H12N2.ClH/c8-6-3-1-5(2-4-6)7(9)10;8-7(9)6-4-2-1-3-5-6;1-4(2,3)6-5;/h1-4H;1-5H;6H,5H2,1-3H3;1H. The van der Waals surface area contributed by atoms with Gasteiger partial charge in [0.2, 0.25) is 0 Å². The second-order valence-corrected chi connectivity index (χ2v) is 6.94. The van der Waals surface area contributed by atoms with Gasteiger partial charge in [-0.3, -0.25) is 20.9 Å². The highest BCUT2D eigenvalue weighted by Gasteiger charge is 2.02. The molecule has 144 valence electrons. The third-order valence-electron chi connectivity index (χ3n) is 2.50. The highest BCUT2D eigenvalue weighted by Crippen LogP contribution is 2.10. The molecule has 0 aliphatic carbocycles. The molecule has 0 amide bonds. The maximum atomic E-state index is 10.5. The van der Waals surface area contributed by atoms with Crippen molar-refractivity contribution in [2.45, 2.75) is 26.3 Å². The van der Waals surface area contributed by atoms with Crippen LogP contribution in [0.3, 0.4) is 0 Å². The fourth-order valence-corrected chi connectivity index (χ4v) is 1.53. The van der Waals surface area contributed by atoms with E-state index in [0.29, 0.717) is 16.1 Å². The van der Waals surface area contributed by atoms with Crippen LogP contribution in [-0.2, 0) is 0 Å². The van der Waals surface area contributed by atoms with Crippen molar-refractivity contribution in [3.8, 4) is 0 Å². The number of hydrazine groups is 1. The van der Waals surface area contributed by atoms with Crippen LogP contribution in [0.2, 0.25) is 5.02 Å². The lowest BCUT2D eigenvalue weighted by Gasteiger charge is -2.14. The van der Waals surface area contributed by atoms with Gasteiger partial charge < -0.3 is 0 Å². The number of carbonyl (C=O) groups excluding carboxylic acids is 2. The molecule has 0 spiro atoms. The van der Waals surface area contributed by atoms with Gasteiger partial charge in [0, 0.05) is 21.7 Å². The third-order valence-corrected chi connectivity index (χ3v) is 3.19. The van der Waals surface area contributed by atoms with Crippen LogP contribution < -0.4 is 11.3 Å². The monoisotopic (exact) mass is 438 g/mol. The van der Waals surface area contributed by atoms with Crippen LogP contribution in [0, 0.1) is 0 Å². The highest BCUT2D eigenvalue weighted by atomic mass is 35.5. The molecule has 2 aromatic rings. The van der Waals surface area contributed by atoms with Crippen molar-refractivity contribution < 1.29 is 9.59 Å². The summed E-state index contributed by atoms with van der Waals surface area (Å²) in [6.07, 6.45) is 0. The van der Waals surface area contributed by atoms with Crippen LogP contribution in [0.5, 0.6) is 0 Å². The normalized spacial score (nSPS) is 9.50. The molecule has 3 N–H and O–H groups in total. The molecule has 2 aromatic carbocycles. The summed E-state index contributed by atoms with van der Waals surface area (Å²) in [5.74, 6) is 5.06. The van der Waals surface area contributed by atoms with E-state index >= 15 is 0 Å². The molecule has 0 saturated carbocycles. The molecule has 0 aromatic heterocycles. The quantitative estimate of drug-likeness (QED) is 0.370. The Bertz CT molecular complexity index is 657. The molecule has 0 unspecified atom stereocenters. The molecule has 0 fully saturated rings. The van der Waals surface area contributed by atoms with Crippen LogP contribution >= 0.6 is 47.2 Å². The Morgan fingerprint density at radius 2 is 1.19 bits per heavy atom. The van der Waals surface area contributed by atoms with Crippen molar-refractivity contribution in [1.29, 1.82) is 0 Å². The molecular formula is C18H22Cl4N2O2. The topological polar surface area (TPSA) is 72.2 Å². The number of nitrogens with one attached hydrogen (secondary N) is 1. The van der Waals surface area contributed by atoms with Gasteiger partial charge in [0.05, 0.1) is 0 Å². The molecule has 4 nitrogen and oxygen atoms in total. The fraction of sp³-hybridized carbons (Fsp3) is 0.222. The van der Waals surface area contributed by atoms with E-state index in [0.717, 1.165) is 0 Å². The number of hydrogen-bond donors (Lipinski definition) is 2. The fourth-order valence-electron chi connectivity index (χ4n) is 1.15. The number of rotatable bonds is 2. The van der Waals surface area contributed by atoms with Crippen molar-refractivity contribution in [2.24, 2.45) is 5.84 Å². The predicted octanol–water partition coefficient (Wildman–Crippen LogP) is 5.45. The van der Waals surface area contributed by atoms with Crippen LogP contribution in [-0.4, -0.2) is 16.0 Å². The maximum absolute atomic E-state index is 10.5. The number of benzene rings is 2. The van der Waals surface area contributed by atoms with Gasteiger partial charge in [-0.2, -0.15) is 0 Å². The molecule has 2 rings (SSSR count). The van der Waals surface area contributed by atoms with Crippen LogP contribution in [0.15, 0.2) is 54.6 Å². The predicted molar refractivity (Wildman–Crippen MR) is 113 cm³/mol. The lowest BCUT2D eigenvalue weighted by Crippen LogP contribution is -2.41. The van der Waals surface area contributed by atoms with Gasteiger partial charge in [0.1, 0.15) is 0 Å². The molecule has 0 aliphatic heterocycles. The zero-order chi connectivity index (χ0) is 19.5. The highest BCUT2D eigenvalue weighted by molar-refractivity contribution is 6.68. The Kier molecular flexibility index (Phi) is 14.6. The average molecular weight is 440 g/mol. The Morgan fingerprint density at radius 1 is 0.846 bits per heavy atom. The van der Waals surface area contributed by atoms with Crippen LogP contribution in [0.25, 0.3) is 0 Å². The zero-order valence-electron chi connectivity index (χ0n) is 14.6. The summed E-state index contributed by atoms with van der Waals surface area (Å²) in [6, 6.07) is 15.1. The molecule has 0 heterocycles. The minimum absolute atomic E-state index is 0. The average Bonchev–Trinajstić information content (AvgIpc) is 2.56. The van der Waals surface area contributed by atoms with Gasteiger partial charge in [-0.1, -0.05) is 41.9 Å². The van der Waals surface area contributed by atoms with Gasteiger partial charge in [-0.05, 0) is 68.2 Å². The van der Waals surface area contributed by atoms with Crippen LogP contribution in [0.1, 0.15) is 41.5 Å². The van der Waals surface area contributed by atoms with E-state index in [4.69, 9.17) is 40.6 Å². The summed E-state index contributed by atoms with van der Waals surface area (Å²) < 4.78 is 0. The van der Waals surface area contributed by atoms with E-state index in [2.05, 4.69) is 5.43 Å². The van der Waals surface area contributed by atoms with Crippen molar-refractivity contribution >= 4 is 57.7 Å². The minimum atomic E-state index is -0.461. The summed E-state index contributed by atoms with van der Waals surface area (Å²) >= 11 is 15.9. The SMILES string of the molecule is CC(C)(C)NN.Cl.O=C(Cl)c1ccc(Cl)cc1.O=C(Cl)c1ccccc1. The first-order chi connectivity index (χ1) is 11.6. The van der Waals surface area contributed by atoms with Crippen LogP contribution in [0.4, 0.5) is 0 Å². The summed E-state index contributed by atoms with van der Waals surface area (Å²) in [5.41, 5.74) is 3.68. The molecule has 26 heavy (non-hydrogen) atoms. The lowest BCUT2D eigenvalue weighted by atomic mass is 10.1. The van der Waals surface area contributed by atoms with Gasteiger partial charge in [0.25, 0.3) is 10.5 Å².